The second-order valence-electron chi connectivity index (χ2n) is 3.81. The summed E-state index contributed by atoms with van der Waals surface area (Å²) in [7, 11) is 1.14. The van der Waals surface area contributed by atoms with Crippen LogP contribution < -0.4 is 0 Å². The van der Waals surface area contributed by atoms with Gasteiger partial charge in [-0.05, 0) is 34.9 Å². The zero-order valence-electron chi connectivity index (χ0n) is 10.3. The minimum absolute atomic E-state index is 0.608. The van der Waals surface area contributed by atoms with Gasteiger partial charge in [-0.3, -0.25) is 4.98 Å². The maximum atomic E-state index is 13.6. The molecule has 0 atom stereocenters. The van der Waals surface area contributed by atoms with Gasteiger partial charge in [-0.1, -0.05) is 24.3 Å². The summed E-state index contributed by atoms with van der Waals surface area (Å²) in [6, 6.07) is 10.9. The lowest BCUT2D eigenvalue weighted by Crippen LogP contribution is -2.00. The van der Waals surface area contributed by atoms with E-state index in [-0.39, 0.29) is 0 Å². The zero-order valence-corrected chi connectivity index (χ0v) is 10.3. The van der Waals surface area contributed by atoms with E-state index in [4.69, 9.17) is 0 Å². The number of methoxy groups -OCH3 is 1. The van der Waals surface area contributed by atoms with Crippen LogP contribution in [0.2, 0.25) is 0 Å². The first kappa shape index (κ1) is 13.0. The van der Waals surface area contributed by atoms with Gasteiger partial charge in [0.25, 0.3) is 0 Å². The number of carbonyl (C=O) groups is 1. The van der Waals surface area contributed by atoms with E-state index in [0.29, 0.717) is 5.56 Å². The van der Waals surface area contributed by atoms with E-state index >= 15 is 0 Å². The van der Waals surface area contributed by atoms with Crippen LogP contribution in [-0.4, -0.2) is 18.1 Å². The van der Waals surface area contributed by atoms with Crippen molar-refractivity contribution in [3.63, 3.8) is 0 Å². The molecule has 0 radical (unpaired) electrons. The summed E-state index contributed by atoms with van der Waals surface area (Å²) in [6.45, 7) is 0. The summed E-state index contributed by atoms with van der Waals surface area (Å²) in [5.41, 5.74) is 2.33. The fourth-order valence-corrected chi connectivity index (χ4v) is 1.71. The van der Waals surface area contributed by atoms with Crippen LogP contribution in [0.25, 0.3) is 17.2 Å². The molecule has 0 fully saturated rings. The van der Waals surface area contributed by atoms with Crippen LogP contribution in [0.1, 0.15) is 5.56 Å². The van der Waals surface area contributed by atoms with E-state index in [9.17, 15) is 9.18 Å². The third kappa shape index (κ3) is 3.04. The molecule has 0 bridgehead atoms. The molecule has 0 unspecified atom stereocenters. The number of benzene rings is 1. The molecule has 0 aliphatic heterocycles. The SMILES string of the molecule is COC(=O)/C(F)=C/c1ccccc1-c1ccncc1. The monoisotopic (exact) mass is 257 g/mol. The quantitative estimate of drug-likeness (QED) is 0.626. The largest absolute Gasteiger partial charge is 0.464 e. The average Bonchev–Trinajstić information content (AvgIpc) is 2.47. The Balaban J connectivity index is 2.46. The predicted octanol–water partition coefficient (Wildman–Crippen LogP) is 3.23. The molecule has 0 saturated heterocycles. The highest BCUT2D eigenvalue weighted by Gasteiger charge is 2.10. The summed E-state index contributed by atoms with van der Waals surface area (Å²) in [4.78, 5) is 15.0. The molecular formula is C15H12FNO2. The third-order valence-electron chi connectivity index (χ3n) is 2.61. The second-order valence-corrected chi connectivity index (χ2v) is 3.81. The Hall–Kier alpha value is -2.49. The molecule has 0 saturated carbocycles. The van der Waals surface area contributed by atoms with Crippen molar-refractivity contribution in [2.75, 3.05) is 7.11 Å². The molecule has 3 nitrogen and oxygen atoms in total. The summed E-state index contributed by atoms with van der Waals surface area (Å²) in [5.74, 6) is -1.91. The van der Waals surface area contributed by atoms with Crippen LogP contribution in [0.15, 0.2) is 54.6 Å². The van der Waals surface area contributed by atoms with Crippen molar-refractivity contribution in [3.05, 3.63) is 60.2 Å². The van der Waals surface area contributed by atoms with E-state index in [1.165, 1.54) is 6.08 Å². The molecule has 96 valence electrons. The van der Waals surface area contributed by atoms with Crippen molar-refractivity contribution in [1.82, 2.24) is 4.98 Å². The molecule has 0 aliphatic carbocycles. The first-order valence-corrected chi connectivity index (χ1v) is 5.67. The highest BCUT2D eigenvalue weighted by molar-refractivity contribution is 5.92. The van der Waals surface area contributed by atoms with Gasteiger partial charge in [0.1, 0.15) is 0 Å². The number of carbonyl (C=O) groups excluding carboxylic acids is 1. The number of halogens is 1. The van der Waals surface area contributed by atoms with E-state index in [0.717, 1.165) is 18.2 Å². The number of ether oxygens (including phenoxy) is 1. The number of pyridine rings is 1. The van der Waals surface area contributed by atoms with Gasteiger partial charge in [0.05, 0.1) is 7.11 Å². The molecule has 0 amide bonds. The van der Waals surface area contributed by atoms with E-state index in [1.807, 2.05) is 24.3 Å². The molecule has 4 heteroatoms. The van der Waals surface area contributed by atoms with Crippen molar-refractivity contribution in [1.29, 1.82) is 0 Å². The Bertz CT molecular complexity index is 609. The van der Waals surface area contributed by atoms with Crippen LogP contribution >= 0.6 is 0 Å². The Morgan fingerprint density at radius 3 is 2.58 bits per heavy atom. The van der Waals surface area contributed by atoms with Crippen molar-refractivity contribution in [2.45, 2.75) is 0 Å². The number of rotatable bonds is 3. The van der Waals surface area contributed by atoms with Gasteiger partial charge >= 0.3 is 5.97 Å². The summed E-state index contributed by atoms with van der Waals surface area (Å²) in [5, 5.41) is 0. The lowest BCUT2D eigenvalue weighted by Gasteiger charge is -2.06. The van der Waals surface area contributed by atoms with Crippen molar-refractivity contribution >= 4 is 12.0 Å². The highest BCUT2D eigenvalue weighted by Crippen LogP contribution is 2.25. The van der Waals surface area contributed by atoms with Crippen LogP contribution in [-0.2, 0) is 9.53 Å². The fourth-order valence-electron chi connectivity index (χ4n) is 1.71. The van der Waals surface area contributed by atoms with Crippen molar-refractivity contribution in [2.24, 2.45) is 0 Å². The average molecular weight is 257 g/mol. The lowest BCUT2D eigenvalue weighted by atomic mass is 10.0. The number of hydrogen-bond donors (Lipinski definition) is 0. The molecule has 1 aromatic carbocycles. The molecule has 0 N–H and O–H groups in total. The Morgan fingerprint density at radius 1 is 1.21 bits per heavy atom. The van der Waals surface area contributed by atoms with Gasteiger partial charge in [-0.25, -0.2) is 4.79 Å². The number of hydrogen-bond acceptors (Lipinski definition) is 3. The summed E-state index contributed by atoms with van der Waals surface area (Å²) >= 11 is 0. The lowest BCUT2D eigenvalue weighted by molar-refractivity contribution is -0.137. The van der Waals surface area contributed by atoms with Crippen LogP contribution in [0.4, 0.5) is 4.39 Å². The summed E-state index contributed by atoms with van der Waals surface area (Å²) in [6.07, 6.45) is 4.49. The van der Waals surface area contributed by atoms with Crippen LogP contribution in [0, 0.1) is 0 Å². The third-order valence-corrected chi connectivity index (χ3v) is 2.61. The van der Waals surface area contributed by atoms with Crippen LogP contribution in [0.3, 0.4) is 0 Å². The molecule has 0 aliphatic rings. The normalized spacial score (nSPS) is 11.2. The predicted molar refractivity (Wildman–Crippen MR) is 70.8 cm³/mol. The summed E-state index contributed by atoms with van der Waals surface area (Å²) < 4.78 is 17.9. The van der Waals surface area contributed by atoms with Crippen molar-refractivity contribution in [3.8, 4) is 11.1 Å². The molecule has 2 aromatic rings. The van der Waals surface area contributed by atoms with Crippen molar-refractivity contribution < 1.29 is 13.9 Å². The molecule has 1 heterocycles. The van der Waals surface area contributed by atoms with E-state index in [2.05, 4.69) is 9.72 Å². The smallest absolute Gasteiger partial charge is 0.366 e. The standard InChI is InChI=1S/C15H12FNO2/c1-19-15(18)14(16)10-12-4-2-3-5-13(12)11-6-8-17-9-7-11/h2-10H,1H3/b14-10-. The fraction of sp³-hybridized carbons (Fsp3) is 0.0667. The highest BCUT2D eigenvalue weighted by atomic mass is 19.1. The molecule has 19 heavy (non-hydrogen) atoms. The minimum atomic E-state index is -0.982. The van der Waals surface area contributed by atoms with Gasteiger partial charge in [0.15, 0.2) is 0 Å². The molecular weight excluding hydrogens is 245 g/mol. The first-order valence-electron chi connectivity index (χ1n) is 5.67. The number of aromatic nitrogens is 1. The van der Waals surface area contributed by atoms with Gasteiger partial charge in [0.2, 0.25) is 5.83 Å². The van der Waals surface area contributed by atoms with Crippen LogP contribution in [0.5, 0.6) is 0 Å². The van der Waals surface area contributed by atoms with Gasteiger partial charge < -0.3 is 4.74 Å². The maximum absolute atomic E-state index is 13.6. The maximum Gasteiger partial charge on any atom is 0.366 e. The Labute approximate surface area is 110 Å². The zero-order chi connectivity index (χ0) is 13.7. The van der Waals surface area contributed by atoms with Gasteiger partial charge in [-0.15, -0.1) is 0 Å². The van der Waals surface area contributed by atoms with Gasteiger partial charge in [-0.2, -0.15) is 4.39 Å². The topological polar surface area (TPSA) is 39.2 Å². The second kappa shape index (κ2) is 5.91. The van der Waals surface area contributed by atoms with E-state index in [1.54, 1.807) is 24.5 Å². The first-order chi connectivity index (χ1) is 9.22. The molecule has 0 spiro atoms. The van der Waals surface area contributed by atoms with Gasteiger partial charge in [0, 0.05) is 12.4 Å². The minimum Gasteiger partial charge on any atom is -0.464 e. The molecule has 1 aromatic heterocycles. The number of esters is 1. The Morgan fingerprint density at radius 2 is 1.89 bits per heavy atom. The number of nitrogens with zero attached hydrogens (tertiary/aromatic N) is 1. The molecule has 2 rings (SSSR count). The van der Waals surface area contributed by atoms with E-state index < -0.39 is 11.8 Å². The Kier molecular flexibility index (Phi) is 4.03.